The van der Waals surface area contributed by atoms with Gasteiger partial charge in [-0.15, -0.1) is 0 Å². The maximum absolute atomic E-state index is 11.4. The number of aliphatic hydroxyl groups excluding tert-OH is 1. The smallest absolute Gasteiger partial charge is 0.394 e. The van der Waals surface area contributed by atoms with Gasteiger partial charge in [0.2, 0.25) is 11.8 Å². The van der Waals surface area contributed by atoms with E-state index < -0.39 is 26.4 Å². The number of phosphoric acid groups is 1. The van der Waals surface area contributed by atoms with Gasteiger partial charge < -0.3 is 20.6 Å². The largest absolute Gasteiger partial charge is 0.471 e. The predicted molar refractivity (Wildman–Crippen MR) is 87.8 cm³/mol. The summed E-state index contributed by atoms with van der Waals surface area (Å²) < 4.78 is 19.7. The molecule has 0 heterocycles. The van der Waals surface area contributed by atoms with Crippen LogP contribution < -0.4 is 10.6 Å². The second-order valence-corrected chi connectivity index (χ2v) is 5.19. The maximum Gasteiger partial charge on any atom is 0.471 e. The summed E-state index contributed by atoms with van der Waals surface area (Å²) in [6.45, 7) is 8.65. The molecule has 0 aliphatic carbocycles. The number of carbonyl (C=O) groups excluding carboxylic acids is 2. The Kier molecular flexibility index (Phi) is 20.3. The average Bonchev–Trinajstić information content (AvgIpc) is 2.55. The van der Waals surface area contributed by atoms with Gasteiger partial charge in [-0.25, -0.2) is 4.57 Å². The van der Waals surface area contributed by atoms with Gasteiger partial charge in [-0.3, -0.25) is 18.6 Å². The van der Waals surface area contributed by atoms with Crippen LogP contribution in [0, 0.1) is 0 Å². The van der Waals surface area contributed by atoms with Gasteiger partial charge in [-0.2, -0.15) is 0 Å². The van der Waals surface area contributed by atoms with Crippen LogP contribution in [0.1, 0.15) is 41.0 Å². The Hall–Kier alpha value is -0.990. The average molecular weight is 358 g/mol. The van der Waals surface area contributed by atoms with Crippen LogP contribution in [-0.2, 0) is 23.2 Å². The van der Waals surface area contributed by atoms with E-state index in [9.17, 15) is 14.2 Å². The van der Waals surface area contributed by atoms with Gasteiger partial charge in [-0.1, -0.05) is 27.7 Å². The standard InChI is InChI=1S/C9H19N2O7P.2C2H6/c1-7(13)10-4-3-9(14)11-8(5-12)6-18-19(15,16)17-2;2*1-2/h8,12H,3-6H2,1-2H3,(H,10,13)(H,11,14)(H,15,16);2*1-2H3. The van der Waals surface area contributed by atoms with Crippen LogP contribution in [-0.4, -0.2) is 54.7 Å². The first kappa shape index (κ1) is 26.9. The van der Waals surface area contributed by atoms with E-state index in [1.807, 2.05) is 27.7 Å². The van der Waals surface area contributed by atoms with Crippen molar-refractivity contribution >= 4 is 19.6 Å². The molecule has 0 bridgehead atoms. The van der Waals surface area contributed by atoms with Crippen molar-refractivity contribution in [3.63, 3.8) is 0 Å². The van der Waals surface area contributed by atoms with Crippen LogP contribution in [0.3, 0.4) is 0 Å². The zero-order valence-electron chi connectivity index (χ0n) is 14.8. The van der Waals surface area contributed by atoms with Gasteiger partial charge in [0.15, 0.2) is 0 Å². The molecule has 4 N–H and O–H groups in total. The van der Waals surface area contributed by atoms with Gasteiger partial charge in [-0.05, 0) is 0 Å². The first-order chi connectivity index (χ1) is 10.8. The van der Waals surface area contributed by atoms with Crippen LogP contribution >= 0.6 is 7.82 Å². The summed E-state index contributed by atoms with van der Waals surface area (Å²) in [6.07, 6.45) is 0.0249. The highest BCUT2D eigenvalue weighted by atomic mass is 31.2. The molecular formula is C13H31N2O7P. The van der Waals surface area contributed by atoms with E-state index in [0.29, 0.717) is 0 Å². The molecule has 0 aliphatic rings. The minimum absolute atomic E-state index is 0.0249. The van der Waals surface area contributed by atoms with Crippen LogP contribution in [0.5, 0.6) is 0 Å². The van der Waals surface area contributed by atoms with Gasteiger partial charge >= 0.3 is 7.82 Å². The first-order valence-corrected chi connectivity index (χ1v) is 8.98. The Balaban J connectivity index is -0.000000919. The minimum atomic E-state index is -4.14. The number of rotatable bonds is 9. The van der Waals surface area contributed by atoms with E-state index in [1.165, 1.54) is 6.92 Å². The highest BCUT2D eigenvalue weighted by molar-refractivity contribution is 7.47. The predicted octanol–water partition coefficient (Wildman–Crippen LogP) is 0.805. The molecule has 0 saturated carbocycles. The molecule has 0 aromatic rings. The van der Waals surface area contributed by atoms with Gasteiger partial charge in [0.05, 0.1) is 19.3 Å². The molecule has 2 unspecified atom stereocenters. The molecule has 0 aliphatic heterocycles. The number of phosphoric ester groups is 1. The number of aliphatic hydroxyl groups is 1. The van der Waals surface area contributed by atoms with E-state index in [2.05, 4.69) is 19.7 Å². The fraction of sp³-hybridized carbons (Fsp3) is 0.846. The fourth-order valence-electron chi connectivity index (χ4n) is 1.03. The van der Waals surface area contributed by atoms with E-state index in [4.69, 9.17) is 10.00 Å². The molecule has 23 heavy (non-hydrogen) atoms. The van der Waals surface area contributed by atoms with Crippen molar-refractivity contribution in [3.05, 3.63) is 0 Å². The molecule has 0 aromatic carbocycles. The number of amides is 2. The maximum atomic E-state index is 11.4. The topological polar surface area (TPSA) is 134 Å². The summed E-state index contributed by atoms with van der Waals surface area (Å²) in [7, 11) is -3.14. The van der Waals surface area contributed by atoms with Crippen LogP contribution in [0.4, 0.5) is 0 Å². The number of carbonyl (C=O) groups is 2. The quantitative estimate of drug-likeness (QED) is 0.448. The molecule has 0 fully saturated rings. The van der Waals surface area contributed by atoms with E-state index in [0.717, 1.165) is 7.11 Å². The third kappa shape index (κ3) is 19.0. The lowest BCUT2D eigenvalue weighted by Crippen LogP contribution is -2.41. The second-order valence-electron chi connectivity index (χ2n) is 3.63. The highest BCUT2D eigenvalue weighted by Crippen LogP contribution is 2.41. The van der Waals surface area contributed by atoms with Gasteiger partial charge in [0.25, 0.3) is 0 Å². The van der Waals surface area contributed by atoms with Crippen LogP contribution in [0.2, 0.25) is 0 Å². The molecule has 2 atom stereocenters. The lowest BCUT2D eigenvalue weighted by molar-refractivity contribution is -0.122. The lowest BCUT2D eigenvalue weighted by atomic mass is 10.3. The number of hydrogen-bond donors (Lipinski definition) is 4. The summed E-state index contributed by atoms with van der Waals surface area (Å²) in [5, 5.41) is 13.8. The fourth-order valence-corrected chi connectivity index (χ4v) is 1.50. The molecule has 0 saturated heterocycles. The molecule has 10 heteroatoms. The SMILES string of the molecule is CC.CC.COP(=O)(O)OCC(CO)NC(=O)CCNC(C)=O. The molecule has 2 amide bonds. The molecule has 0 rings (SSSR count). The van der Waals surface area contributed by atoms with Crippen LogP contribution in [0.25, 0.3) is 0 Å². The Bertz CT molecular complexity index is 353. The Morgan fingerprint density at radius 1 is 1.22 bits per heavy atom. The zero-order valence-corrected chi connectivity index (χ0v) is 15.7. The molecule has 0 aromatic heterocycles. The molecule has 140 valence electrons. The normalized spacial score (nSPS) is 13.2. The zero-order chi connectivity index (χ0) is 18.9. The molecular weight excluding hydrogens is 327 g/mol. The Morgan fingerprint density at radius 2 is 1.74 bits per heavy atom. The molecule has 9 nitrogen and oxygen atoms in total. The summed E-state index contributed by atoms with van der Waals surface area (Å²) in [4.78, 5) is 30.9. The monoisotopic (exact) mass is 358 g/mol. The van der Waals surface area contributed by atoms with Crippen molar-refractivity contribution in [2.75, 3.05) is 26.9 Å². The minimum Gasteiger partial charge on any atom is -0.394 e. The van der Waals surface area contributed by atoms with E-state index in [1.54, 1.807) is 0 Å². The van der Waals surface area contributed by atoms with Crippen molar-refractivity contribution < 1.29 is 33.2 Å². The second kappa shape index (κ2) is 17.4. The van der Waals surface area contributed by atoms with E-state index in [-0.39, 0.29) is 25.5 Å². The first-order valence-electron chi connectivity index (χ1n) is 7.48. The third-order valence-corrected chi connectivity index (χ3v) is 2.92. The van der Waals surface area contributed by atoms with Gasteiger partial charge in [0, 0.05) is 27.0 Å². The van der Waals surface area contributed by atoms with Crippen molar-refractivity contribution in [1.82, 2.24) is 10.6 Å². The molecule has 0 spiro atoms. The van der Waals surface area contributed by atoms with Crippen molar-refractivity contribution in [1.29, 1.82) is 0 Å². The van der Waals surface area contributed by atoms with Gasteiger partial charge in [0.1, 0.15) is 0 Å². The Labute approximate surface area is 138 Å². The number of hydrogen-bond acceptors (Lipinski definition) is 6. The summed E-state index contributed by atoms with van der Waals surface area (Å²) in [5.41, 5.74) is 0. The summed E-state index contributed by atoms with van der Waals surface area (Å²) in [6, 6.07) is -0.833. The highest BCUT2D eigenvalue weighted by Gasteiger charge is 2.21. The summed E-state index contributed by atoms with van der Waals surface area (Å²) >= 11 is 0. The van der Waals surface area contributed by atoms with E-state index >= 15 is 0 Å². The summed E-state index contributed by atoms with van der Waals surface area (Å²) in [5.74, 6) is -0.683. The number of nitrogens with one attached hydrogen (secondary N) is 2. The lowest BCUT2D eigenvalue weighted by Gasteiger charge is -2.17. The third-order valence-electron chi connectivity index (χ3n) is 1.98. The van der Waals surface area contributed by atoms with Crippen molar-refractivity contribution in [3.8, 4) is 0 Å². The van der Waals surface area contributed by atoms with Crippen LogP contribution in [0.15, 0.2) is 0 Å². The van der Waals surface area contributed by atoms with Crippen molar-refractivity contribution in [2.24, 2.45) is 0 Å². The Morgan fingerprint density at radius 3 is 2.13 bits per heavy atom. The van der Waals surface area contributed by atoms with Crippen molar-refractivity contribution in [2.45, 2.75) is 47.1 Å². The molecule has 0 radical (unpaired) electrons.